The molecule has 1 saturated heterocycles. The maximum atomic E-state index is 12.3. The summed E-state index contributed by atoms with van der Waals surface area (Å²) in [6.07, 6.45) is -0.169. The summed E-state index contributed by atoms with van der Waals surface area (Å²) >= 11 is 5.91. The molecule has 0 unspecified atom stereocenters. The molecule has 172 valence electrons. The molecule has 3 N–H and O–H groups in total. The normalized spacial score (nSPS) is 15.0. The number of esters is 1. The van der Waals surface area contributed by atoms with E-state index >= 15 is 0 Å². The van der Waals surface area contributed by atoms with Crippen molar-refractivity contribution in [2.75, 3.05) is 13.2 Å². The second-order valence-electron chi connectivity index (χ2n) is 7.31. The van der Waals surface area contributed by atoms with Crippen molar-refractivity contribution in [1.82, 2.24) is 21.3 Å². The Morgan fingerprint density at radius 1 is 1.06 bits per heavy atom. The largest absolute Gasteiger partial charge is 0.455 e. The number of halogens is 1. The van der Waals surface area contributed by atoms with E-state index in [0.717, 1.165) is 10.6 Å². The van der Waals surface area contributed by atoms with Crippen LogP contribution in [0.2, 0.25) is 5.02 Å². The molecule has 2 aromatic rings. The number of hydrazine groups is 2. The van der Waals surface area contributed by atoms with Gasteiger partial charge in [-0.15, -0.1) is 0 Å². The highest BCUT2D eigenvalue weighted by molar-refractivity contribution is 6.33. The smallest absolute Gasteiger partial charge is 0.311 e. The van der Waals surface area contributed by atoms with Crippen LogP contribution in [0.4, 0.5) is 0 Å². The highest BCUT2D eigenvalue weighted by Crippen LogP contribution is 2.18. The topological polar surface area (TPSA) is 134 Å². The number of nitrogens with zero attached hydrogens (tertiary/aromatic N) is 1. The van der Waals surface area contributed by atoms with Crippen LogP contribution in [0, 0.1) is 12.8 Å². The number of carbonyl (C=O) groups excluding carboxylic acids is 5. The highest BCUT2D eigenvalue weighted by atomic mass is 35.5. The number of aryl methyl sites for hydroxylation is 1. The molecule has 11 heteroatoms. The predicted octanol–water partition coefficient (Wildman–Crippen LogP) is 1.15. The molecule has 1 aliphatic rings. The van der Waals surface area contributed by atoms with Crippen molar-refractivity contribution in [3.63, 3.8) is 0 Å². The van der Waals surface area contributed by atoms with E-state index in [1.807, 2.05) is 13.0 Å². The fourth-order valence-electron chi connectivity index (χ4n) is 3.08. The Bertz CT molecular complexity index is 1110. The molecule has 1 atom stereocenters. The Labute approximate surface area is 194 Å². The number of amides is 4. The van der Waals surface area contributed by atoms with Crippen LogP contribution in [-0.2, 0) is 19.1 Å². The van der Waals surface area contributed by atoms with Crippen LogP contribution in [0.3, 0.4) is 0 Å². The fourth-order valence-corrected chi connectivity index (χ4v) is 3.30. The van der Waals surface area contributed by atoms with E-state index in [0.29, 0.717) is 5.56 Å². The van der Waals surface area contributed by atoms with Crippen LogP contribution in [0.5, 0.6) is 0 Å². The number of benzene rings is 2. The van der Waals surface area contributed by atoms with Gasteiger partial charge in [0.25, 0.3) is 17.7 Å². The van der Waals surface area contributed by atoms with Crippen LogP contribution >= 0.6 is 11.6 Å². The van der Waals surface area contributed by atoms with Crippen LogP contribution in [0.25, 0.3) is 0 Å². The van der Waals surface area contributed by atoms with Crippen molar-refractivity contribution in [2.24, 2.45) is 5.92 Å². The third-order valence-electron chi connectivity index (χ3n) is 4.75. The number of nitrogens with one attached hydrogen (secondary N) is 3. The standard InChI is InChI=1S/C22H21ClN4O6/c1-13-5-4-6-14(9-13)20(30)26-27-11-15(10-19(27)29)22(32)33-12-18(28)24-25-21(31)16-7-2-3-8-17(16)23/h2-9,15H,10-12H2,1H3,(H,24,28)(H,25,31)(H,26,30)/t15-/m0/s1. The van der Waals surface area contributed by atoms with Gasteiger partial charge in [0.15, 0.2) is 6.61 Å². The number of hydrogen-bond acceptors (Lipinski definition) is 6. The van der Waals surface area contributed by atoms with Crippen LogP contribution in [-0.4, -0.2) is 47.8 Å². The van der Waals surface area contributed by atoms with Crippen molar-refractivity contribution in [3.8, 4) is 0 Å². The Morgan fingerprint density at radius 3 is 2.55 bits per heavy atom. The molecule has 1 aliphatic heterocycles. The van der Waals surface area contributed by atoms with Crippen LogP contribution in [0.15, 0.2) is 48.5 Å². The molecule has 0 radical (unpaired) electrons. The van der Waals surface area contributed by atoms with Gasteiger partial charge in [0, 0.05) is 12.0 Å². The van der Waals surface area contributed by atoms with E-state index in [1.165, 1.54) is 12.1 Å². The molecule has 3 rings (SSSR count). The van der Waals surface area contributed by atoms with Crippen LogP contribution < -0.4 is 16.3 Å². The summed E-state index contributed by atoms with van der Waals surface area (Å²) in [7, 11) is 0. The molecule has 0 aliphatic carbocycles. The molecular formula is C22H21ClN4O6. The summed E-state index contributed by atoms with van der Waals surface area (Å²) in [6, 6.07) is 13.1. The molecular weight excluding hydrogens is 452 g/mol. The number of ether oxygens (including phenoxy) is 1. The minimum absolute atomic E-state index is 0.0833. The Kier molecular flexibility index (Phi) is 7.62. The van der Waals surface area contributed by atoms with Crippen molar-refractivity contribution in [2.45, 2.75) is 13.3 Å². The summed E-state index contributed by atoms with van der Waals surface area (Å²) < 4.78 is 4.93. The van der Waals surface area contributed by atoms with Crippen molar-refractivity contribution < 1.29 is 28.7 Å². The van der Waals surface area contributed by atoms with Gasteiger partial charge >= 0.3 is 5.97 Å². The van der Waals surface area contributed by atoms with Crippen molar-refractivity contribution in [1.29, 1.82) is 0 Å². The number of rotatable bonds is 6. The lowest BCUT2D eigenvalue weighted by molar-refractivity contribution is -0.152. The lowest BCUT2D eigenvalue weighted by atomic mass is 10.1. The molecule has 1 heterocycles. The van der Waals surface area contributed by atoms with Gasteiger partial charge < -0.3 is 4.74 Å². The van der Waals surface area contributed by atoms with Gasteiger partial charge in [0.2, 0.25) is 5.91 Å². The van der Waals surface area contributed by atoms with E-state index in [2.05, 4.69) is 16.3 Å². The average Bonchev–Trinajstić information content (AvgIpc) is 3.16. The van der Waals surface area contributed by atoms with Gasteiger partial charge in [-0.05, 0) is 31.2 Å². The zero-order valence-electron chi connectivity index (χ0n) is 17.6. The first-order valence-corrected chi connectivity index (χ1v) is 10.3. The van der Waals surface area contributed by atoms with Crippen molar-refractivity contribution >= 4 is 41.2 Å². The first-order valence-electron chi connectivity index (χ1n) is 9.93. The summed E-state index contributed by atoms with van der Waals surface area (Å²) in [5.74, 6) is -3.97. The van der Waals surface area contributed by atoms with Crippen molar-refractivity contribution in [3.05, 3.63) is 70.2 Å². The first-order chi connectivity index (χ1) is 15.7. The summed E-state index contributed by atoms with van der Waals surface area (Å²) in [4.78, 5) is 60.6. The van der Waals surface area contributed by atoms with Gasteiger partial charge in [-0.2, -0.15) is 0 Å². The monoisotopic (exact) mass is 472 g/mol. The number of carbonyl (C=O) groups is 5. The summed E-state index contributed by atoms with van der Waals surface area (Å²) in [5, 5.41) is 1.26. The maximum Gasteiger partial charge on any atom is 0.311 e. The third-order valence-corrected chi connectivity index (χ3v) is 5.08. The quantitative estimate of drug-likeness (QED) is 0.426. The lowest BCUT2D eigenvalue weighted by Gasteiger charge is -2.17. The predicted molar refractivity (Wildman–Crippen MR) is 116 cm³/mol. The summed E-state index contributed by atoms with van der Waals surface area (Å²) in [5.41, 5.74) is 8.18. The van der Waals surface area contributed by atoms with E-state index in [1.54, 1.807) is 30.3 Å². The van der Waals surface area contributed by atoms with Gasteiger partial charge in [-0.25, -0.2) is 0 Å². The van der Waals surface area contributed by atoms with E-state index in [9.17, 15) is 24.0 Å². The molecule has 2 aromatic carbocycles. The second-order valence-corrected chi connectivity index (χ2v) is 7.71. The Morgan fingerprint density at radius 2 is 1.82 bits per heavy atom. The summed E-state index contributed by atoms with van der Waals surface area (Å²) in [6.45, 7) is 1.09. The lowest BCUT2D eigenvalue weighted by Crippen LogP contribution is -2.44. The van der Waals surface area contributed by atoms with Gasteiger partial charge in [-0.1, -0.05) is 41.4 Å². The average molecular weight is 473 g/mol. The third kappa shape index (κ3) is 6.30. The first kappa shape index (κ1) is 23.7. The minimum atomic E-state index is -0.846. The molecule has 4 amide bonds. The van der Waals surface area contributed by atoms with E-state index < -0.39 is 42.1 Å². The zero-order chi connectivity index (χ0) is 24.0. The SMILES string of the molecule is Cc1cccc(C(=O)NN2C[C@@H](C(=O)OCC(=O)NNC(=O)c3ccccc3Cl)CC2=O)c1. The maximum absolute atomic E-state index is 12.3. The molecule has 33 heavy (non-hydrogen) atoms. The zero-order valence-corrected chi connectivity index (χ0v) is 18.3. The van der Waals surface area contributed by atoms with Gasteiger partial charge in [0.1, 0.15) is 0 Å². The molecule has 0 bridgehead atoms. The highest BCUT2D eigenvalue weighted by Gasteiger charge is 2.36. The fraction of sp³-hybridized carbons (Fsp3) is 0.227. The molecule has 0 aromatic heterocycles. The van der Waals surface area contributed by atoms with E-state index in [4.69, 9.17) is 16.3 Å². The minimum Gasteiger partial charge on any atom is -0.455 e. The molecule has 10 nitrogen and oxygen atoms in total. The van der Waals surface area contributed by atoms with Gasteiger partial charge in [0.05, 0.1) is 23.0 Å². The van der Waals surface area contributed by atoms with Gasteiger partial charge in [-0.3, -0.25) is 45.3 Å². The molecule has 1 fully saturated rings. The molecule has 0 saturated carbocycles. The molecule has 0 spiro atoms. The number of hydrogen-bond donors (Lipinski definition) is 3. The Hall–Kier alpha value is -3.92. The second kappa shape index (κ2) is 10.6. The van der Waals surface area contributed by atoms with E-state index in [-0.39, 0.29) is 23.6 Å². The van der Waals surface area contributed by atoms with Crippen LogP contribution in [0.1, 0.15) is 32.7 Å². The Balaban J connectivity index is 1.43.